The van der Waals surface area contributed by atoms with Crippen molar-refractivity contribution in [3.8, 4) is 0 Å². The molecule has 2 heteroatoms. The molecule has 1 saturated heterocycles. The second-order valence-corrected chi connectivity index (χ2v) is 6.54. The molecule has 2 aliphatic rings. The summed E-state index contributed by atoms with van der Waals surface area (Å²) in [5, 5.41) is 2.61. The Bertz CT molecular complexity index is 693. The molecule has 1 aliphatic heterocycles. The Labute approximate surface area is 125 Å². The Balaban J connectivity index is 1.72. The van der Waals surface area contributed by atoms with Crippen molar-refractivity contribution in [1.82, 2.24) is 4.90 Å². The highest BCUT2D eigenvalue weighted by atomic mass is 16.2. The highest BCUT2D eigenvalue weighted by molar-refractivity contribution is 5.83. The van der Waals surface area contributed by atoms with E-state index in [1.165, 1.54) is 35.6 Å². The van der Waals surface area contributed by atoms with Gasteiger partial charge in [-0.15, -0.1) is 0 Å². The van der Waals surface area contributed by atoms with E-state index in [1.54, 1.807) is 6.92 Å². The Hall–Kier alpha value is -1.83. The van der Waals surface area contributed by atoms with Crippen molar-refractivity contribution in [3.05, 3.63) is 48.0 Å². The Morgan fingerprint density at radius 1 is 1.05 bits per heavy atom. The van der Waals surface area contributed by atoms with E-state index in [-0.39, 0.29) is 5.91 Å². The highest BCUT2D eigenvalue weighted by Gasteiger charge is 2.45. The van der Waals surface area contributed by atoms with Crippen LogP contribution in [-0.2, 0) is 4.79 Å². The molecule has 2 aromatic carbocycles. The van der Waals surface area contributed by atoms with Crippen LogP contribution in [0, 0.1) is 5.92 Å². The van der Waals surface area contributed by atoms with Gasteiger partial charge in [0.25, 0.3) is 0 Å². The fourth-order valence-corrected chi connectivity index (χ4v) is 4.47. The van der Waals surface area contributed by atoms with Crippen LogP contribution in [0.5, 0.6) is 0 Å². The summed E-state index contributed by atoms with van der Waals surface area (Å²) in [5.74, 6) is 1.48. The van der Waals surface area contributed by atoms with E-state index in [1.807, 2.05) is 0 Å². The van der Waals surface area contributed by atoms with Gasteiger partial charge in [-0.1, -0.05) is 42.5 Å². The van der Waals surface area contributed by atoms with Gasteiger partial charge in [0.15, 0.2) is 0 Å². The second kappa shape index (κ2) is 4.87. The van der Waals surface area contributed by atoms with Crippen molar-refractivity contribution in [1.29, 1.82) is 0 Å². The van der Waals surface area contributed by atoms with Crippen LogP contribution in [0.3, 0.4) is 0 Å². The Morgan fingerprint density at radius 3 is 2.67 bits per heavy atom. The summed E-state index contributed by atoms with van der Waals surface area (Å²) in [5.41, 5.74) is 1.41. The molecule has 1 heterocycles. The van der Waals surface area contributed by atoms with E-state index >= 15 is 0 Å². The van der Waals surface area contributed by atoms with Crippen LogP contribution >= 0.6 is 0 Å². The molecule has 0 unspecified atom stereocenters. The average Bonchev–Trinajstić information content (AvgIpc) is 3.08. The molecule has 0 N–H and O–H groups in total. The number of fused-ring (bicyclic) bond motifs is 2. The number of rotatable bonds is 1. The van der Waals surface area contributed by atoms with E-state index in [0.717, 1.165) is 6.54 Å². The summed E-state index contributed by atoms with van der Waals surface area (Å²) in [7, 11) is 0. The number of hydrogen-bond acceptors (Lipinski definition) is 1. The fourth-order valence-electron chi connectivity index (χ4n) is 4.47. The molecule has 4 rings (SSSR count). The summed E-state index contributed by atoms with van der Waals surface area (Å²) in [4.78, 5) is 14.0. The number of amides is 1. The van der Waals surface area contributed by atoms with Gasteiger partial charge in [0.1, 0.15) is 0 Å². The first kappa shape index (κ1) is 12.9. The fraction of sp³-hybridized carbons (Fsp3) is 0.421. The molecule has 1 aliphatic carbocycles. The number of carbonyl (C=O) groups excluding carboxylic acids is 1. The van der Waals surface area contributed by atoms with Gasteiger partial charge in [-0.05, 0) is 41.5 Å². The van der Waals surface area contributed by atoms with Gasteiger partial charge in [-0.25, -0.2) is 0 Å². The molecular formula is C19H21NO. The molecule has 2 fully saturated rings. The van der Waals surface area contributed by atoms with E-state index < -0.39 is 0 Å². The summed E-state index contributed by atoms with van der Waals surface area (Å²) < 4.78 is 0. The van der Waals surface area contributed by atoms with Crippen LogP contribution in [-0.4, -0.2) is 23.4 Å². The van der Waals surface area contributed by atoms with Crippen LogP contribution in [0.15, 0.2) is 42.5 Å². The Kier molecular flexibility index (Phi) is 2.99. The molecular weight excluding hydrogens is 258 g/mol. The van der Waals surface area contributed by atoms with Crippen molar-refractivity contribution < 1.29 is 4.79 Å². The first-order valence-electron chi connectivity index (χ1n) is 8.00. The standard InChI is InChI=1S/C19H21NO/c1-13(21)20-11-10-15-8-9-18(19(15)20)17-7-6-14-4-2-3-5-16(14)12-17/h2-7,12,15,18-19H,8-11H2,1H3/t15-,18+,19+/m1/s1. The quantitative estimate of drug-likeness (QED) is 0.774. The molecule has 0 radical (unpaired) electrons. The van der Waals surface area contributed by atoms with E-state index in [2.05, 4.69) is 47.4 Å². The van der Waals surface area contributed by atoms with Crippen molar-refractivity contribution in [2.45, 2.75) is 38.1 Å². The van der Waals surface area contributed by atoms with Gasteiger partial charge in [0.05, 0.1) is 0 Å². The maximum absolute atomic E-state index is 11.9. The largest absolute Gasteiger partial charge is 0.339 e. The summed E-state index contributed by atoms with van der Waals surface area (Å²) >= 11 is 0. The van der Waals surface area contributed by atoms with Gasteiger partial charge >= 0.3 is 0 Å². The van der Waals surface area contributed by atoms with Crippen molar-refractivity contribution in [2.24, 2.45) is 5.92 Å². The van der Waals surface area contributed by atoms with Gasteiger partial charge < -0.3 is 4.90 Å². The summed E-state index contributed by atoms with van der Waals surface area (Å²) in [6.07, 6.45) is 3.68. The lowest BCUT2D eigenvalue weighted by molar-refractivity contribution is -0.130. The minimum Gasteiger partial charge on any atom is -0.339 e. The minimum absolute atomic E-state index is 0.246. The third kappa shape index (κ3) is 2.05. The minimum atomic E-state index is 0.246. The third-order valence-electron chi connectivity index (χ3n) is 5.45. The van der Waals surface area contributed by atoms with Crippen LogP contribution in [0.4, 0.5) is 0 Å². The topological polar surface area (TPSA) is 20.3 Å². The maximum Gasteiger partial charge on any atom is 0.219 e. The van der Waals surface area contributed by atoms with Crippen molar-refractivity contribution >= 4 is 16.7 Å². The number of likely N-dealkylation sites (tertiary alicyclic amines) is 1. The average molecular weight is 279 g/mol. The van der Waals surface area contributed by atoms with Crippen LogP contribution in [0.1, 0.15) is 37.7 Å². The lowest BCUT2D eigenvalue weighted by atomic mass is 9.90. The molecule has 21 heavy (non-hydrogen) atoms. The monoisotopic (exact) mass is 279 g/mol. The van der Waals surface area contributed by atoms with E-state index in [9.17, 15) is 4.79 Å². The normalized spacial score (nSPS) is 28.0. The van der Waals surface area contributed by atoms with Gasteiger partial charge in [-0.3, -0.25) is 4.79 Å². The summed E-state index contributed by atoms with van der Waals surface area (Å²) in [6.45, 7) is 2.67. The lowest BCUT2D eigenvalue weighted by Crippen LogP contribution is -2.37. The second-order valence-electron chi connectivity index (χ2n) is 6.54. The van der Waals surface area contributed by atoms with E-state index in [0.29, 0.717) is 17.9 Å². The van der Waals surface area contributed by atoms with Crippen LogP contribution < -0.4 is 0 Å². The van der Waals surface area contributed by atoms with E-state index in [4.69, 9.17) is 0 Å². The molecule has 108 valence electrons. The highest BCUT2D eigenvalue weighted by Crippen LogP contribution is 2.47. The molecule has 3 atom stereocenters. The number of carbonyl (C=O) groups is 1. The summed E-state index contributed by atoms with van der Waals surface area (Å²) in [6, 6.07) is 15.8. The van der Waals surface area contributed by atoms with Crippen LogP contribution in [0.2, 0.25) is 0 Å². The maximum atomic E-state index is 11.9. The molecule has 0 aromatic heterocycles. The number of hydrogen-bond donors (Lipinski definition) is 0. The van der Waals surface area contributed by atoms with Gasteiger partial charge in [-0.2, -0.15) is 0 Å². The van der Waals surface area contributed by atoms with Gasteiger partial charge in [0, 0.05) is 25.4 Å². The molecule has 1 saturated carbocycles. The first-order chi connectivity index (χ1) is 10.2. The Morgan fingerprint density at radius 2 is 1.86 bits per heavy atom. The first-order valence-corrected chi connectivity index (χ1v) is 8.00. The lowest BCUT2D eigenvalue weighted by Gasteiger charge is -2.29. The molecule has 0 bridgehead atoms. The zero-order chi connectivity index (χ0) is 14.4. The predicted octanol–water partition coefficient (Wildman–Crippen LogP) is 3.95. The zero-order valence-electron chi connectivity index (χ0n) is 12.5. The molecule has 1 amide bonds. The zero-order valence-corrected chi connectivity index (χ0v) is 12.5. The molecule has 0 spiro atoms. The van der Waals surface area contributed by atoms with Crippen LogP contribution in [0.25, 0.3) is 10.8 Å². The number of nitrogens with zero attached hydrogens (tertiary/aromatic N) is 1. The smallest absolute Gasteiger partial charge is 0.219 e. The van der Waals surface area contributed by atoms with Crippen molar-refractivity contribution in [2.75, 3.05) is 6.54 Å². The SMILES string of the molecule is CC(=O)N1CC[C@H]2CC[C@@H](c3ccc4ccccc4c3)[C@H]21. The van der Waals surface area contributed by atoms with Crippen molar-refractivity contribution in [3.63, 3.8) is 0 Å². The predicted molar refractivity (Wildman–Crippen MR) is 85.2 cm³/mol. The number of benzene rings is 2. The van der Waals surface area contributed by atoms with Gasteiger partial charge in [0.2, 0.25) is 5.91 Å². The third-order valence-corrected chi connectivity index (χ3v) is 5.45. The molecule has 2 nitrogen and oxygen atoms in total. The molecule has 2 aromatic rings.